The van der Waals surface area contributed by atoms with E-state index in [4.69, 9.17) is 0 Å². The number of carbonyl (C=O) groups excluding carboxylic acids is 2. The molecule has 1 aromatic rings. The zero-order chi connectivity index (χ0) is 16.5. The van der Waals surface area contributed by atoms with Crippen LogP contribution >= 0.6 is 0 Å². The topological polar surface area (TPSA) is 69.6 Å². The van der Waals surface area contributed by atoms with Crippen LogP contribution in [0.5, 0.6) is 0 Å². The van der Waals surface area contributed by atoms with Crippen molar-refractivity contribution in [3.05, 3.63) is 30.6 Å². The van der Waals surface area contributed by atoms with Gasteiger partial charge in [0, 0.05) is 38.6 Å². The van der Waals surface area contributed by atoms with Gasteiger partial charge >= 0.3 is 0 Å². The number of aromatic nitrogens is 2. The second-order valence-corrected chi connectivity index (χ2v) is 6.56. The summed E-state index contributed by atoms with van der Waals surface area (Å²) in [4.78, 5) is 39.4. The molecule has 7 heteroatoms. The minimum Gasteiger partial charge on any atom is -0.338 e. The van der Waals surface area contributed by atoms with Gasteiger partial charge < -0.3 is 4.90 Å². The number of hydrogen-bond donors (Lipinski definition) is 0. The lowest BCUT2D eigenvalue weighted by atomic mass is 9.85. The Balaban J connectivity index is 1.36. The number of amides is 2. The van der Waals surface area contributed by atoms with E-state index in [1.54, 1.807) is 18.5 Å². The highest BCUT2D eigenvalue weighted by Gasteiger charge is 2.47. The Hall–Kier alpha value is -2.28. The molecule has 4 rings (SSSR count). The maximum absolute atomic E-state index is 12.5. The zero-order valence-electron chi connectivity index (χ0n) is 13.5. The van der Waals surface area contributed by atoms with Gasteiger partial charge in [0.15, 0.2) is 0 Å². The second-order valence-electron chi connectivity index (χ2n) is 6.56. The van der Waals surface area contributed by atoms with Gasteiger partial charge in [0.1, 0.15) is 0 Å². The quantitative estimate of drug-likeness (QED) is 0.595. The molecule has 2 atom stereocenters. The number of anilines is 1. The van der Waals surface area contributed by atoms with Crippen molar-refractivity contribution in [2.45, 2.75) is 12.8 Å². The monoisotopic (exact) mass is 327 g/mol. The standard InChI is InChI=1S/C17H21N5O2/c23-15-13-4-1-2-5-14(13)16(24)22(15)12-20-8-10-21(11-9-20)17-18-6-3-7-19-17/h1-3,6-7,13-14H,4-5,8-12H2/t13-,14-/m1/s1. The molecule has 3 aliphatic rings. The maximum atomic E-state index is 12.5. The van der Waals surface area contributed by atoms with Crippen molar-refractivity contribution in [3.8, 4) is 0 Å². The molecule has 0 bridgehead atoms. The molecule has 0 N–H and O–H groups in total. The summed E-state index contributed by atoms with van der Waals surface area (Å²) in [7, 11) is 0. The molecule has 24 heavy (non-hydrogen) atoms. The molecule has 7 nitrogen and oxygen atoms in total. The van der Waals surface area contributed by atoms with Crippen molar-refractivity contribution >= 4 is 17.8 Å². The third-order valence-corrected chi connectivity index (χ3v) is 5.15. The highest BCUT2D eigenvalue weighted by atomic mass is 16.2. The molecule has 0 radical (unpaired) electrons. The van der Waals surface area contributed by atoms with Gasteiger partial charge in [-0.25, -0.2) is 9.97 Å². The van der Waals surface area contributed by atoms with E-state index in [-0.39, 0.29) is 23.7 Å². The van der Waals surface area contributed by atoms with Crippen LogP contribution in [0.2, 0.25) is 0 Å². The highest BCUT2D eigenvalue weighted by molar-refractivity contribution is 6.05. The lowest BCUT2D eigenvalue weighted by molar-refractivity contribution is -0.142. The summed E-state index contributed by atoms with van der Waals surface area (Å²) in [5, 5.41) is 0. The average molecular weight is 327 g/mol. The highest BCUT2D eigenvalue weighted by Crippen LogP contribution is 2.35. The molecule has 1 aromatic heterocycles. The van der Waals surface area contributed by atoms with Gasteiger partial charge in [-0.3, -0.25) is 19.4 Å². The Morgan fingerprint density at radius 2 is 1.50 bits per heavy atom. The van der Waals surface area contributed by atoms with E-state index in [0.717, 1.165) is 32.1 Å². The van der Waals surface area contributed by atoms with Crippen LogP contribution in [-0.2, 0) is 9.59 Å². The van der Waals surface area contributed by atoms with Crippen LogP contribution in [0.15, 0.2) is 30.6 Å². The fraction of sp³-hybridized carbons (Fsp3) is 0.529. The summed E-state index contributed by atoms with van der Waals surface area (Å²) < 4.78 is 0. The van der Waals surface area contributed by atoms with Gasteiger partial charge in [-0.2, -0.15) is 0 Å². The van der Waals surface area contributed by atoms with E-state index in [0.29, 0.717) is 19.5 Å². The first-order valence-corrected chi connectivity index (χ1v) is 8.48. The fourth-order valence-electron chi connectivity index (χ4n) is 3.75. The van der Waals surface area contributed by atoms with Crippen LogP contribution in [0.25, 0.3) is 0 Å². The Bertz CT molecular complexity index is 628. The first kappa shape index (κ1) is 15.3. The zero-order valence-corrected chi connectivity index (χ0v) is 13.5. The molecule has 2 fully saturated rings. The molecular formula is C17H21N5O2. The average Bonchev–Trinajstić information content (AvgIpc) is 2.88. The molecule has 1 aliphatic carbocycles. The molecule has 126 valence electrons. The van der Waals surface area contributed by atoms with E-state index in [9.17, 15) is 9.59 Å². The predicted octanol–water partition coefficient (Wildman–Crippen LogP) is 0.507. The van der Waals surface area contributed by atoms with E-state index in [2.05, 4.69) is 19.8 Å². The maximum Gasteiger partial charge on any atom is 0.234 e. The summed E-state index contributed by atoms with van der Waals surface area (Å²) in [5.74, 6) is 0.469. The van der Waals surface area contributed by atoms with Crippen LogP contribution in [0.1, 0.15) is 12.8 Å². The number of rotatable bonds is 3. The number of imide groups is 1. The van der Waals surface area contributed by atoms with Gasteiger partial charge in [0.05, 0.1) is 18.5 Å². The number of allylic oxidation sites excluding steroid dienone is 2. The second kappa shape index (κ2) is 6.32. The fourth-order valence-corrected chi connectivity index (χ4v) is 3.75. The molecular weight excluding hydrogens is 306 g/mol. The van der Waals surface area contributed by atoms with E-state index in [1.807, 2.05) is 12.2 Å². The van der Waals surface area contributed by atoms with E-state index in [1.165, 1.54) is 4.90 Å². The van der Waals surface area contributed by atoms with Gasteiger partial charge in [0.25, 0.3) is 0 Å². The normalized spacial score (nSPS) is 27.7. The van der Waals surface area contributed by atoms with Crippen LogP contribution in [-0.4, -0.2) is 64.4 Å². The molecule has 2 amide bonds. The smallest absolute Gasteiger partial charge is 0.234 e. The number of fused-ring (bicyclic) bond motifs is 1. The third kappa shape index (κ3) is 2.69. The number of nitrogens with zero attached hydrogens (tertiary/aromatic N) is 5. The van der Waals surface area contributed by atoms with E-state index >= 15 is 0 Å². The van der Waals surface area contributed by atoms with Crippen molar-refractivity contribution < 1.29 is 9.59 Å². The number of hydrogen-bond acceptors (Lipinski definition) is 6. The molecule has 0 aromatic carbocycles. The SMILES string of the molecule is O=C1[C@@H]2CC=CC[C@H]2C(=O)N1CN1CCN(c2ncccn2)CC1. The molecule has 2 aliphatic heterocycles. The van der Waals surface area contributed by atoms with Gasteiger partial charge in [-0.05, 0) is 18.9 Å². The van der Waals surface area contributed by atoms with Crippen molar-refractivity contribution in [1.82, 2.24) is 19.8 Å². The van der Waals surface area contributed by atoms with Crippen LogP contribution < -0.4 is 4.90 Å². The van der Waals surface area contributed by atoms with Gasteiger partial charge in [-0.1, -0.05) is 12.2 Å². The number of likely N-dealkylation sites (tertiary alicyclic amines) is 1. The minimum atomic E-state index is -0.137. The minimum absolute atomic E-state index is 0.00294. The number of carbonyl (C=O) groups is 2. The first-order valence-electron chi connectivity index (χ1n) is 8.48. The summed E-state index contributed by atoms with van der Waals surface area (Å²) in [6.07, 6.45) is 8.93. The Morgan fingerprint density at radius 1 is 0.917 bits per heavy atom. The third-order valence-electron chi connectivity index (χ3n) is 5.15. The van der Waals surface area contributed by atoms with Crippen molar-refractivity contribution in [1.29, 1.82) is 0 Å². The van der Waals surface area contributed by atoms with Crippen molar-refractivity contribution in [2.24, 2.45) is 11.8 Å². The molecule has 0 unspecified atom stereocenters. The lowest BCUT2D eigenvalue weighted by Crippen LogP contribution is -2.51. The van der Waals surface area contributed by atoms with Crippen LogP contribution in [0.4, 0.5) is 5.95 Å². The predicted molar refractivity (Wildman–Crippen MR) is 87.9 cm³/mol. The van der Waals surface area contributed by atoms with Crippen LogP contribution in [0, 0.1) is 11.8 Å². The molecule has 3 heterocycles. The molecule has 2 saturated heterocycles. The van der Waals surface area contributed by atoms with Gasteiger partial charge in [-0.15, -0.1) is 0 Å². The molecule has 0 saturated carbocycles. The lowest BCUT2D eigenvalue weighted by Gasteiger charge is -2.36. The summed E-state index contributed by atoms with van der Waals surface area (Å²) in [6.45, 7) is 3.60. The largest absolute Gasteiger partial charge is 0.338 e. The Kier molecular flexibility index (Phi) is 4.02. The summed E-state index contributed by atoms with van der Waals surface area (Å²) >= 11 is 0. The molecule has 0 spiro atoms. The van der Waals surface area contributed by atoms with Crippen molar-refractivity contribution in [2.75, 3.05) is 37.7 Å². The van der Waals surface area contributed by atoms with Crippen molar-refractivity contribution in [3.63, 3.8) is 0 Å². The van der Waals surface area contributed by atoms with E-state index < -0.39 is 0 Å². The summed E-state index contributed by atoms with van der Waals surface area (Å²) in [5.41, 5.74) is 0. The number of piperazine rings is 1. The summed E-state index contributed by atoms with van der Waals surface area (Å²) in [6, 6.07) is 1.80. The van der Waals surface area contributed by atoms with Crippen LogP contribution in [0.3, 0.4) is 0 Å². The Labute approximate surface area is 141 Å². The Morgan fingerprint density at radius 3 is 2.08 bits per heavy atom. The first-order chi connectivity index (χ1) is 11.7. The van der Waals surface area contributed by atoms with Gasteiger partial charge in [0.2, 0.25) is 17.8 Å².